The minimum atomic E-state index is -1.33. The maximum Gasteiger partial charge on any atom is 0.333 e. The van der Waals surface area contributed by atoms with Crippen LogP contribution in [0.4, 0.5) is 0 Å². The van der Waals surface area contributed by atoms with E-state index in [0.717, 1.165) is 16.3 Å². The molecule has 0 spiro atoms. The summed E-state index contributed by atoms with van der Waals surface area (Å²) in [6.07, 6.45) is -0.540. The number of carbonyl (C=O) groups excluding carboxylic acids is 2. The predicted molar refractivity (Wildman–Crippen MR) is 115 cm³/mol. The smallest absolute Gasteiger partial charge is 0.333 e. The molecule has 1 aliphatic rings. The van der Waals surface area contributed by atoms with Crippen molar-refractivity contribution in [3.63, 3.8) is 0 Å². The number of cyclic esters (lactones) is 1. The highest BCUT2D eigenvalue weighted by molar-refractivity contribution is 5.91. The summed E-state index contributed by atoms with van der Waals surface area (Å²) in [7, 11) is 0. The van der Waals surface area contributed by atoms with Gasteiger partial charge in [-0.2, -0.15) is 0 Å². The van der Waals surface area contributed by atoms with E-state index in [0.29, 0.717) is 6.42 Å². The lowest BCUT2D eigenvalue weighted by Gasteiger charge is -2.28. The van der Waals surface area contributed by atoms with E-state index in [-0.39, 0.29) is 19.6 Å². The number of aliphatic carboxylic acids is 1. The zero-order valence-corrected chi connectivity index (χ0v) is 18.1. The molecule has 0 saturated carbocycles. The van der Waals surface area contributed by atoms with E-state index in [9.17, 15) is 19.5 Å². The molecule has 1 saturated heterocycles. The zero-order valence-electron chi connectivity index (χ0n) is 18.1. The molecular formula is C24H29NO6. The van der Waals surface area contributed by atoms with E-state index in [4.69, 9.17) is 9.47 Å². The molecule has 3 atom stereocenters. The van der Waals surface area contributed by atoms with Crippen molar-refractivity contribution < 1.29 is 29.0 Å². The first-order valence-electron chi connectivity index (χ1n) is 10.5. The summed E-state index contributed by atoms with van der Waals surface area (Å²) in [5.41, 5.74) is 0.238. The number of fused-ring (bicyclic) bond motifs is 1. The van der Waals surface area contributed by atoms with Gasteiger partial charge in [0.1, 0.15) is 6.04 Å². The van der Waals surface area contributed by atoms with Crippen LogP contribution in [-0.4, -0.2) is 48.3 Å². The molecule has 1 fully saturated rings. The van der Waals surface area contributed by atoms with Crippen molar-refractivity contribution >= 4 is 28.6 Å². The summed E-state index contributed by atoms with van der Waals surface area (Å²) >= 11 is 0. The second-order valence-electron chi connectivity index (χ2n) is 8.66. The van der Waals surface area contributed by atoms with Crippen LogP contribution in [0.5, 0.6) is 0 Å². The van der Waals surface area contributed by atoms with Crippen molar-refractivity contribution in [3.8, 4) is 0 Å². The molecule has 0 bridgehead atoms. The van der Waals surface area contributed by atoms with E-state index in [1.165, 1.54) is 0 Å². The van der Waals surface area contributed by atoms with Gasteiger partial charge in [0.15, 0.2) is 6.10 Å². The van der Waals surface area contributed by atoms with Gasteiger partial charge in [0.2, 0.25) is 5.91 Å². The summed E-state index contributed by atoms with van der Waals surface area (Å²) in [5, 5.41) is 14.6. The van der Waals surface area contributed by atoms with Gasteiger partial charge in [-0.05, 0) is 29.2 Å². The van der Waals surface area contributed by atoms with Crippen LogP contribution in [0.2, 0.25) is 0 Å². The third-order valence-electron chi connectivity index (χ3n) is 5.61. The van der Waals surface area contributed by atoms with Crippen molar-refractivity contribution in [1.29, 1.82) is 0 Å². The largest absolute Gasteiger partial charge is 0.479 e. The molecule has 0 aliphatic carbocycles. The number of carboxylic acids is 1. The standard InChI is InChI=1S/C24H29NO6/c1-4-11-30-19(22(27)28)18(21(26)25-20-23(29)31-14-24(20,2)3)13-15-9-10-16-7-5-6-8-17(16)12-15/h5-10,12,18-20H,4,11,13-14H2,1-3H3,(H,25,26)(H,27,28)/t18-,19+,20-/m1/s1. The van der Waals surface area contributed by atoms with Gasteiger partial charge in [-0.1, -0.05) is 63.2 Å². The Morgan fingerprint density at radius 2 is 1.94 bits per heavy atom. The van der Waals surface area contributed by atoms with Gasteiger partial charge in [0, 0.05) is 12.0 Å². The quantitative estimate of drug-likeness (QED) is 0.597. The van der Waals surface area contributed by atoms with Crippen molar-refractivity contribution in [2.45, 2.75) is 45.8 Å². The average molecular weight is 427 g/mol. The molecule has 166 valence electrons. The molecule has 0 aromatic heterocycles. The molecule has 2 aromatic rings. The van der Waals surface area contributed by atoms with Gasteiger partial charge in [-0.15, -0.1) is 0 Å². The highest BCUT2D eigenvalue weighted by Gasteiger charge is 2.46. The molecule has 1 heterocycles. The Bertz CT molecular complexity index is 969. The minimum Gasteiger partial charge on any atom is -0.479 e. The monoisotopic (exact) mass is 427 g/mol. The number of nitrogens with one attached hydrogen (secondary N) is 1. The zero-order chi connectivity index (χ0) is 22.6. The van der Waals surface area contributed by atoms with E-state index in [1.54, 1.807) is 0 Å². The van der Waals surface area contributed by atoms with E-state index < -0.39 is 41.3 Å². The Kier molecular flexibility index (Phi) is 6.95. The molecule has 1 amide bonds. The van der Waals surface area contributed by atoms with Gasteiger partial charge in [0.25, 0.3) is 0 Å². The summed E-state index contributed by atoms with van der Waals surface area (Å²) in [4.78, 5) is 37.4. The first-order chi connectivity index (χ1) is 14.7. The SMILES string of the molecule is CCCO[C@H](C(=O)O)[C@@H](Cc1ccc2ccccc2c1)C(=O)N[C@@H]1C(=O)OCC1(C)C. The summed E-state index contributed by atoms with van der Waals surface area (Å²) in [6, 6.07) is 12.8. The van der Waals surface area contributed by atoms with Crippen LogP contribution >= 0.6 is 0 Å². The summed E-state index contributed by atoms with van der Waals surface area (Å²) < 4.78 is 10.7. The fourth-order valence-electron chi connectivity index (χ4n) is 3.81. The number of esters is 1. The number of hydrogen-bond acceptors (Lipinski definition) is 5. The van der Waals surface area contributed by atoms with E-state index in [2.05, 4.69) is 5.32 Å². The van der Waals surface area contributed by atoms with Gasteiger partial charge >= 0.3 is 11.9 Å². The van der Waals surface area contributed by atoms with Gasteiger partial charge in [-0.3, -0.25) is 4.79 Å². The summed E-state index contributed by atoms with van der Waals surface area (Å²) in [6.45, 7) is 5.93. The first kappa shape index (κ1) is 22.7. The van der Waals surface area contributed by atoms with Gasteiger partial charge in [0.05, 0.1) is 12.5 Å². The topological polar surface area (TPSA) is 102 Å². The van der Waals surface area contributed by atoms with Crippen LogP contribution in [-0.2, 0) is 30.3 Å². The third kappa shape index (κ3) is 5.22. The molecule has 3 rings (SSSR count). The average Bonchev–Trinajstić information content (AvgIpc) is 2.99. The normalized spacial score (nSPS) is 19.6. The van der Waals surface area contributed by atoms with Gasteiger partial charge in [-0.25, -0.2) is 9.59 Å². The Balaban J connectivity index is 1.90. The molecule has 31 heavy (non-hydrogen) atoms. The Morgan fingerprint density at radius 1 is 1.23 bits per heavy atom. The Labute approximate surface area is 181 Å². The highest BCUT2D eigenvalue weighted by Crippen LogP contribution is 2.29. The maximum absolute atomic E-state index is 13.2. The first-order valence-corrected chi connectivity index (χ1v) is 10.5. The fourth-order valence-corrected chi connectivity index (χ4v) is 3.81. The van der Waals surface area contributed by atoms with Gasteiger partial charge < -0.3 is 19.9 Å². The van der Waals surface area contributed by atoms with Crippen LogP contribution in [0, 0.1) is 11.3 Å². The Morgan fingerprint density at radius 3 is 2.55 bits per heavy atom. The van der Waals surface area contributed by atoms with Crippen molar-refractivity contribution in [1.82, 2.24) is 5.32 Å². The molecular weight excluding hydrogens is 398 g/mol. The van der Waals surface area contributed by atoms with Crippen LogP contribution < -0.4 is 5.32 Å². The number of benzene rings is 2. The number of carboxylic acid groups (broad SMARTS) is 1. The molecule has 0 unspecified atom stereocenters. The lowest BCUT2D eigenvalue weighted by molar-refractivity contribution is -0.158. The van der Waals surface area contributed by atoms with Crippen LogP contribution in [0.25, 0.3) is 10.8 Å². The lowest BCUT2D eigenvalue weighted by atomic mass is 9.86. The lowest BCUT2D eigenvalue weighted by Crippen LogP contribution is -2.52. The molecule has 2 N–H and O–H groups in total. The highest BCUT2D eigenvalue weighted by atomic mass is 16.5. The number of amides is 1. The summed E-state index contributed by atoms with van der Waals surface area (Å²) in [5.74, 6) is -3.25. The van der Waals surface area contributed by atoms with Crippen molar-refractivity contribution in [2.24, 2.45) is 11.3 Å². The van der Waals surface area contributed by atoms with Crippen molar-refractivity contribution in [2.75, 3.05) is 13.2 Å². The fraction of sp³-hybridized carbons (Fsp3) is 0.458. The molecule has 1 aliphatic heterocycles. The van der Waals surface area contributed by atoms with Crippen LogP contribution in [0.1, 0.15) is 32.8 Å². The second kappa shape index (κ2) is 9.47. The van der Waals surface area contributed by atoms with Crippen LogP contribution in [0.3, 0.4) is 0 Å². The number of hydrogen-bond donors (Lipinski definition) is 2. The minimum absolute atomic E-state index is 0.166. The molecule has 2 aromatic carbocycles. The third-order valence-corrected chi connectivity index (χ3v) is 5.61. The second-order valence-corrected chi connectivity index (χ2v) is 8.66. The number of carbonyl (C=O) groups is 3. The van der Waals surface area contributed by atoms with Crippen LogP contribution in [0.15, 0.2) is 42.5 Å². The number of ether oxygens (including phenoxy) is 2. The Hall–Kier alpha value is -2.93. The van der Waals surface area contributed by atoms with E-state index >= 15 is 0 Å². The maximum atomic E-state index is 13.2. The van der Waals surface area contributed by atoms with Crippen molar-refractivity contribution in [3.05, 3.63) is 48.0 Å². The molecule has 7 heteroatoms. The molecule has 0 radical (unpaired) electrons. The predicted octanol–water partition coefficient (Wildman–Crippen LogP) is 2.95. The number of rotatable bonds is 9. The molecule has 7 nitrogen and oxygen atoms in total. The van der Waals surface area contributed by atoms with E-state index in [1.807, 2.05) is 63.2 Å².